The Morgan fingerprint density at radius 1 is 1.47 bits per heavy atom. The van der Waals surface area contributed by atoms with Crippen LogP contribution in [0.4, 0.5) is 5.69 Å². The lowest BCUT2D eigenvalue weighted by molar-refractivity contribution is 0.730. The molecule has 0 aromatic carbocycles. The average Bonchev–Trinajstić information content (AvgIpc) is 2.61. The van der Waals surface area contributed by atoms with Crippen LogP contribution < -0.4 is 11.1 Å². The Balaban J connectivity index is 2.14. The van der Waals surface area contributed by atoms with Gasteiger partial charge in [0.2, 0.25) is 0 Å². The minimum absolute atomic E-state index is 0.303. The first kappa shape index (κ1) is 13.5. The fourth-order valence-corrected chi connectivity index (χ4v) is 2.05. The van der Waals surface area contributed by atoms with Crippen LogP contribution in [0.25, 0.3) is 0 Å². The van der Waals surface area contributed by atoms with E-state index < -0.39 is 0 Å². The van der Waals surface area contributed by atoms with E-state index in [2.05, 4.69) is 22.3 Å². The molecule has 2 heterocycles. The number of anilines is 1. The third-order valence-electron chi connectivity index (χ3n) is 3.14. The summed E-state index contributed by atoms with van der Waals surface area (Å²) in [6.45, 7) is 4.79. The van der Waals surface area contributed by atoms with Crippen molar-refractivity contribution in [2.75, 3.05) is 5.32 Å². The first-order valence-electron chi connectivity index (χ1n) is 5.98. The molecule has 5 nitrogen and oxygen atoms in total. The zero-order valence-corrected chi connectivity index (χ0v) is 12.1. The van der Waals surface area contributed by atoms with Crippen molar-refractivity contribution in [1.82, 2.24) is 14.8 Å². The van der Waals surface area contributed by atoms with Crippen LogP contribution in [0.5, 0.6) is 0 Å². The quantitative estimate of drug-likeness (QED) is 0.831. The van der Waals surface area contributed by atoms with E-state index in [4.69, 9.17) is 18.0 Å². The molecule has 0 unspecified atom stereocenters. The molecule has 6 heteroatoms. The van der Waals surface area contributed by atoms with Crippen molar-refractivity contribution >= 4 is 22.9 Å². The normalized spacial score (nSPS) is 10.5. The van der Waals surface area contributed by atoms with Gasteiger partial charge in [-0.3, -0.25) is 9.67 Å². The Labute approximate surface area is 117 Å². The van der Waals surface area contributed by atoms with Crippen molar-refractivity contribution in [3.05, 3.63) is 41.0 Å². The molecule has 0 saturated carbocycles. The molecule has 100 valence electrons. The van der Waals surface area contributed by atoms with Crippen LogP contribution in [-0.4, -0.2) is 19.8 Å². The number of pyridine rings is 1. The molecule has 0 radical (unpaired) electrons. The van der Waals surface area contributed by atoms with Gasteiger partial charge >= 0.3 is 0 Å². The highest BCUT2D eigenvalue weighted by atomic mass is 32.1. The van der Waals surface area contributed by atoms with Crippen molar-refractivity contribution in [2.45, 2.75) is 20.4 Å². The van der Waals surface area contributed by atoms with Crippen LogP contribution >= 0.6 is 12.2 Å². The molecule has 2 aromatic heterocycles. The third-order valence-corrected chi connectivity index (χ3v) is 3.35. The second-order valence-electron chi connectivity index (χ2n) is 4.42. The van der Waals surface area contributed by atoms with E-state index in [1.807, 2.05) is 30.8 Å². The van der Waals surface area contributed by atoms with E-state index in [0.29, 0.717) is 17.2 Å². The van der Waals surface area contributed by atoms with Crippen molar-refractivity contribution < 1.29 is 0 Å². The number of thiocarbonyl (C=S) groups is 1. The Bertz CT molecular complexity index is 617. The van der Waals surface area contributed by atoms with Gasteiger partial charge in [-0.2, -0.15) is 5.10 Å². The summed E-state index contributed by atoms with van der Waals surface area (Å²) in [5, 5.41) is 7.73. The van der Waals surface area contributed by atoms with Crippen LogP contribution in [0.1, 0.15) is 22.6 Å². The largest absolute Gasteiger partial charge is 0.388 e. The van der Waals surface area contributed by atoms with Crippen LogP contribution in [-0.2, 0) is 13.6 Å². The van der Waals surface area contributed by atoms with Gasteiger partial charge < -0.3 is 11.1 Å². The summed E-state index contributed by atoms with van der Waals surface area (Å²) in [6.07, 6.45) is 1.69. The van der Waals surface area contributed by atoms with Crippen molar-refractivity contribution in [3.8, 4) is 0 Å². The van der Waals surface area contributed by atoms with Crippen molar-refractivity contribution in [2.24, 2.45) is 12.8 Å². The van der Waals surface area contributed by atoms with Crippen LogP contribution in [0.2, 0.25) is 0 Å². The molecule has 0 atom stereocenters. The van der Waals surface area contributed by atoms with Gasteiger partial charge in [-0.1, -0.05) is 12.2 Å². The Morgan fingerprint density at radius 3 is 2.79 bits per heavy atom. The molecule has 2 rings (SSSR count). The highest BCUT2D eigenvalue weighted by Gasteiger charge is 2.09. The molecule has 0 aliphatic rings. The van der Waals surface area contributed by atoms with Crippen LogP contribution in [0.15, 0.2) is 18.3 Å². The molecule has 0 bridgehead atoms. The summed E-state index contributed by atoms with van der Waals surface area (Å²) in [5.41, 5.74) is 10.5. The average molecular weight is 275 g/mol. The molecule has 19 heavy (non-hydrogen) atoms. The van der Waals surface area contributed by atoms with Crippen LogP contribution in [0, 0.1) is 13.8 Å². The summed E-state index contributed by atoms with van der Waals surface area (Å²) >= 11 is 4.92. The van der Waals surface area contributed by atoms with E-state index in [9.17, 15) is 0 Å². The molecule has 0 fully saturated rings. The van der Waals surface area contributed by atoms with Gasteiger partial charge in [0.05, 0.1) is 11.4 Å². The standard InChI is InChI=1S/C13H17N5S/c1-8-11(9(2)18(3)17-8)7-16-10-4-5-15-12(6-10)13(14)19/h4-6H,7H2,1-3H3,(H2,14,19)(H,15,16). The zero-order valence-electron chi connectivity index (χ0n) is 11.3. The summed E-state index contributed by atoms with van der Waals surface area (Å²) in [7, 11) is 1.95. The van der Waals surface area contributed by atoms with Crippen LogP contribution in [0.3, 0.4) is 0 Å². The first-order valence-corrected chi connectivity index (χ1v) is 6.38. The maximum atomic E-state index is 5.57. The molecular formula is C13H17N5S. The lowest BCUT2D eigenvalue weighted by atomic mass is 10.2. The van der Waals surface area contributed by atoms with E-state index in [1.54, 1.807) is 6.20 Å². The smallest absolute Gasteiger partial charge is 0.122 e. The van der Waals surface area contributed by atoms with E-state index in [-0.39, 0.29) is 0 Å². The lowest BCUT2D eigenvalue weighted by Gasteiger charge is -2.08. The van der Waals surface area contributed by atoms with Crippen molar-refractivity contribution in [1.29, 1.82) is 0 Å². The number of hydrogen-bond donors (Lipinski definition) is 2. The number of aryl methyl sites for hydroxylation is 2. The van der Waals surface area contributed by atoms with E-state index in [0.717, 1.165) is 17.1 Å². The molecule has 0 spiro atoms. The third kappa shape index (κ3) is 2.90. The number of rotatable bonds is 4. The van der Waals surface area contributed by atoms with Gasteiger partial charge in [0.1, 0.15) is 4.99 Å². The number of nitrogens with two attached hydrogens (primary N) is 1. The number of nitrogens with zero attached hydrogens (tertiary/aromatic N) is 3. The monoisotopic (exact) mass is 275 g/mol. The lowest BCUT2D eigenvalue weighted by Crippen LogP contribution is -2.12. The molecule has 0 aliphatic carbocycles. The summed E-state index contributed by atoms with van der Waals surface area (Å²) in [6, 6.07) is 3.74. The summed E-state index contributed by atoms with van der Waals surface area (Å²) in [5.74, 6) is 0. The Morgan fingerprint density at radius 2 is 2.21 bits per heavy atom. The number of aromatic nitrogens is 3. The number of hydrogen-bond acceptors (Lipinski definition) is 4. The Kier molecular flexibility index (Phi) is 3.80. The minimum Gasteiger partial charge on any atom is -0.388 e. The molecule has 0 saturated heterocycles. The predicted molar refractivity (Wildman–Crippen MR) is 80.1 cm³/mol. The first-order chi connectivity index (χ1) is 8.99. The molecule has 3 N–H and O–H groups in total. The molecule has 0 amide bonds. The van der Waals surface area contributed by atoms with Gasteiger partial charge in [-0.25, -0.2) is 0 Å². The zero-order chi connectivity index (χ0) is 14.0. The van der Waals surface area contributed by atoms with Gasteiger partial charge in [-0.05, 0) is 26.0 Å². The Hall–Kier alpha value is -1.95. The maximum absolute atomic E-state index is 5.57. The van der Waals surface area contributed by atoms with Gasteiger partial charge in [-0.15, -0.1) is 0 Å². The van der Waals surface area contributed by atoms with E-state index in [1.165, 1.54) is 5.56 Å². The SMILES string of the molecule is Cc1nn(C)c(C)c1CNc1ccnc(C(N)=S)c1. The summed E-state index contributed by atoms with van der Waals surface area (Å²) in [4.78, 5) is 4.41. The topological polar surface area (TPSA) is 68.8 Å². The maximum Gasteiger partial charge on any atom is 0.122 e. The molecular weight excluding hydrogens is 258 g/mol. The fourth-order valence-electron chi connectivity index (χ4n) is 1.94. The molecule has 0 aliphatic heterocycles. The second-order valence-corrected chi connectivity index (χ2v) is 4.86. The molecule has 2 aromatic rings. The number of nitrogens with one attached hydrogen (secondary N) is 1. The minimum atomic E-state index is 0.303. The van der Waals surface area contributed by atoms with Gasteiger partial charge in [0, 0.05) is 36.7 Å². The highest BCUT2D eigenvalue weighted by Crippen LogP contribution is 2.15. The van der Waals surface area contributed by atoms with Crippen molar-refractivity contribution in [3.63, 3.8) is 0 Å². The second kappa shape index (κ2) is 5.36. The fraction of sp³-hybridized carbons (Fsp3) is 0.308. The predicted octanol–water partition coefficient (Wildman–Crippen LogP) is 1.68. The van der Waals surface area contributed by atoms with Gasteiger partial charge in [0.15, 0.2) is 0 Å². The summed E-state index contributed by atoms with van der Waals surface area (Å²) < 4.78 is 1.89. The van der Waals surface area contributed by atoms with Gasteiger partial charge in [0.25, 0.3) is 0 Å². The highest BCUT2D eigenvalue weighted by molar-refractivity contribution is 7.80. The van der Waals surface area contributed by atoms with E-state index >= 15 is 0 Å².